The van der Waals surface area contributed by atoms with Crippen molar-refractivity contribution in [2.75, 3.05) is 5.32 Å². The molecule has 0 spiro atoms. The lowest BCUT2D eigenvalue weighted by molar-refractivity contribution is 0.0634. The average molecular weight is 271 g/mol. The fraction of sp³-hybridized carbons (Fsp3) is 0.385. The normalized spacial score (nSPS) is 11.3. The van der Waals surface area contributed by atoms with Gasteiger partial charge in [-0.1, -0.05) is 12.1 Å². The van der Waals surface area contributed by atoms with Gasteiger partial charge in [0, 0.05) is 11.3 Å². The molecule has 0 aromatic heterocycles. The minimum absolute atomic E-state index is 0.163. The number of carbonyl (C=O) groups is 2. The Hall–Kier alpha value is -1.98. The van der Waals surface area contributed by atoms with Gasteiger partial charge >= 0.3 is 12.5 Å². The molecular formula is C13H15F2NO3. The number of Topliss-reactive ketones (excluding diaryl/α,β-unsaturated/α-hetero) is 1. The van der Waals surface area contributed by atoms with Crippen molar-refractivity contribution in [1.29, 1.82) is 0 Å². The van der Waals surface area contributed by atoms with Crippen LogP contribution in [-0.2, 0) is 4.74 Å². The summed E-state index contributed by atoms with van der Waals surface area (Å²) in [6, 6.07) is 5.32. The Kier molecular flexibility index (Phi) is 4.58. The summed E-state index contributed by atoms with van der Waals surface area (Å²) in [4.78, 5) is 22.6. The molecule has 1 N–H and O–H groups in total. The Morgan fingerprint density at radius 3 is 2.42 bits per heavy atom. The number of alkyl halides is 2. The maximum atomic E-state index is 12.3. The van der Waals surface area contributed by atoms with Crippen molar-refractivity contribution < 1.29 is 23.1 Å². The lowest BCUT2D eigenvalue weighted by Gasteiger charge is -2.19. The average Bonchev–Trinajstić information content (AvgIpc) is 2.25. The molecule has 0 saturated carbocycles. The molecule has 0 radical (unpaired) electrons. The Labute approximate surface area is 109 Å². The molecule has 0 aliphatic rings. The molecule has 1 amide bonds. The molecule has 0 aliphatic carbocycles. The minimum atomic E-state index is -3.07. The van der Waals surface area contributed by atoms with E-state index in [1.54, 1.807) is 20.8 Å². The number of anilines is 1. The standard InChI is InChI=1S/C13H15F2NO3/c1-13(2,3)19-12(18)16-9-6-4-5-8(7-9)10(17)11(14)15/h4-7,11H,1-3H3,(H,16,18). The Morgan fingerprint density at radius 1 is 1.26 bits per heavy atom. The number of nitrogens with one attached hydrogen (secondary N) is 1. The second kappa shape index (κ2) is 5.77. The highest BCUT2D eigenvalue weighted by molar-refractivity contribution is 5.99. The zero-order valence-electron chi connectivity index (χ0n) is 10.9. The zero-order chi connectivity index (χ0) is 14.6. The van der Waals surface area contributed by atoms with Gasteiger partial charge in [0.1, 0.15) is 5.60 Å². The summed E-state index contributed by atoms with van der Waals surface area (Å²) in [5.74, 6) is -1.28. The number of benzene rings is 1. The lowest BCUT2D eigenvalue weighted by Crippen LogP contribution is -2.27. The highest BCUT2D eigenvalue weighted by atomic mass is 19.3. The number of ether oxygens (including phenoxy) is 1. The van der Waals surface area contributed by atoms with Gasteiger partial charge in [0.15, 0.2) is 0 Å². The maximum Gasteiger partial charge on any atom is 0.412 e. The van der Waals surface area contributed by atoms with Gasteiger partial charge in [-0.3, -0.25) is 10.1 Å². The molecule has 104 valence electrons. The number of ketones is 1. The third kappa shape index (κ3) is 5.03. The van der Waals surface area contributed by atoms with Gasteiger partial charge in [0.2, 0.25) is 5.78 Å². The van der Waals surface area contributed by atoms with Crippen LogP contribution in [0.4, 0.5) is 19.3 Å². The minimum Gasteiger partial charge on any atom is -0.444 e. The molecule has 0 fully saturated rings. The first kappa shape index (κ1) is 15.1. The van der Waals surface area contributed by atoms with Crippen LogP contribution in [0.5, 0.6) is 0 Å². The van der Waals surface area contributed by atoms with Crippen LogP contribution in [0.25, 0.3) is 0 Å². The number of hydrogen-bond acceptors (Lipinski definition) is 3. The van der Waals surface area contributed by atoms with Crippen LogP contribution < -0.4 is 5.32 Å². The molecule has 1 aromatic carbocycles. The van der Waals surface area contributed by atoms with Gasteiger partial charge in [0.05, 0.1) is 0 Å². The smallest absolute Gasteiger partial charge is 0.412 e. The van der Waals surface area contributed by atoms with Gasteiger partial charge in [0.25, 0.3) is 0 Å². The molecule has 0 saturated heterocycles. The fourth-order valence-corrected chi connectivity index (χ4v) is 1.30. The third-order valence-electron chi connectivity index (χ3n) is 1.99. The molecular weight excluding hydrogens is 256 g/mol. The van der Waals surface area contributed by atoms with E-state index >= 15 is 0 Å². The topological polar surface area (TPSA) is 55.4 Å². The summed E-state index contributed by atoms with van der Waals surface area (Å²) in [5.41, 5.74) is -0.607. The van der Waals surface area contributed by atoms with Crippen LogP contribution in [0.3, 0.4) is 0 Å². The van der Waals surface area contributed by atoms with Gasteiger partial charge in [-0.15, -0.1) is 0 Å². The predicted octanol–water partition coefficient (Wildman–Crippen LogP) is 3.48. The van der Waals surface area contributed by atoms with Gasteiger partial charge in [-0.05, 0) is 32.9 Å². The summed E-state index contributed by atoms with van der Waals surface area (Å²) >= 11 is 0. The SMILES string of the molecule is CC(C)(C)OC(=O)Nc1cccc(C(=O)C(F)F)c1. The van der Waals surface area contributed by atoms with Crippen LogP contribution >= 0.6 is 0 Å². The maximum absolute atomic E-state index is 12.3. The van der Waals surface area contributed by atoms with Gasteiger partial charge in [-0.25, -0.2) is 13.6 Å². The predicted molar refractivity (Wildman–Crippen MR) is 66.6 cm³/mol. The van der Waals surface area contributed by atoms with Crippen molar-refractivity contribution in [3.63, 3.8) is 0 Å². The third-order valence-corrected chi connectivity index (χ3v) is 1.99. The Bertz CT molecular complexity index is 481. The summed E-state index contributed by atoms with van der Waals surface area (Å²) < 4.78 is 29.5. The molecule has 4 nitrogen and oxygen atoms in total. The van der Waals surface area contributed by atoms with Crippen molar-refractivity contribution in [3.05, 3.63) is 29.8 Å². The van der Waals surface area contributed by atoms with E-state index in [0.717, 1.165) is 0 Å². The van der Waals surface area contributed by atoms with E-state index < -0.39 is 23.9 Å². The van der Waals surface area contributed by atoms with Crippen LogP contribution in [0.1, 0.15) is 31.1 Å². The summed E-state index contributed by atoms with van der Waals surface area (Å²) in [7, 11) is 0. The largest absolute Gasteiger partial charge is 0.444 e. The highest BCUT2D eigenvalue weighted by Gasteiger charge is 2.19. The monoisotopic (exact) mass is 271 g/mol. The second-order valence-corrected chi connectivity index (χ2v) is 4.87. The summed E-state index contributed by atoms with van der Waals surface area (Å²) in [6.45, 7) is 5.09. The number of hydrogen-bond donors (Lipinski definition) is 1. The molecule has 0 unspecified atom stereocenters. The van der Waals surface area contributed by atoms with E-state index in [1.165, 1.54) is 24.3 Å². The number of carbonyl (C=O) groups excluding carboxylic acids is 2. The number of amides is 1. The highest BCUT2D eigenvalue weighted by Crippen LogP contribution is 2.15. The van der Waals surface area contributed by atoms with E-state index in [2.05, 4.69) is 5.32 Å². The van der Waals surface area contributed by atoms with Crippen molar-refractivity contribution >= 4 is 17.6 Å². The fourth-order valence-electron chi connectivity index (χ4n) is 1.30. The molecule has 1 rings (SSSR count). The first-order chi connectivity index (χ1) is 8.69. The van der Waals surface area contributed by atoms with E-state index in [-0.39, 0.29) is 11.3 Å². The van der Waals surface area contributed by atoms with Crippen molar-refractivity contribution in [3.8, 4) is 0 Å². The van der Waals surface area contributed by atoms with E-state index in [0.29, 0.717) is 0 Å². The van der Waals surface area contributed by atoms with E-state index in [4.69, 9.17) is 4.74 Å². The molecule has 6 heteroatoms. The van der Waals surface area contributed by atoms with Gasteiger partial charge in [-0.2, -0.15) is 0 Å². The quantitative estimate of drug-likeness (QED) is 0.856. The molecule has 1 aromatic rings. The summed E-state index contributed by atoms with van der Waals surface area (Å²) in [6.07, 6.45) is -3.79. The zero-order valence-corrected chi connectivity index (χ0v) is 10.9. The van der Waals surface area contributed by atoms with Crippen molar-refractivity contribution in [2.24, 2.45) is 0 Å². The van der Waals surface area contributed by atoms with Crippen LogP contribution in [0.15, 0.2) is 24.3 Å². The van der Waals surface area contributed by atoms with E-state index in [9.17, 15) is 18.4 Å². The Morgan fingerprint density at radius 2 is 1.89 bits per heavy atom. The second-order valence-electron chi connectivity index (χ2n) is 4.87. The first-order valence-corrected chi connectivity index (χ1v) is 5.61. The van der Waals surface area contributed by atoms with Gasteiger partial charge < -0.3 is 4.74 Å². The summed E-state index contributed by atoms with van der Waals surface area (Å²) in [5, 5.41) is 2.37. The Balaban J connectivity index is 2.78. The molecule has 0 bridgehead atoms. The van der Waals surface area contributed by atoms with Crippen LogP contribution in [0, 0.1) is 0 Å². The van der Waals surface area contributed by atoms with Crippen molar-refractivity contribution in [1.82, 2.24) is 0 Å². The lowest BCUT2D eigenvalue weighted by atomic mass is 10.1. The van der Waals surface area contributed by atoms with Crippen LogP contribution in [-0.4, -0.2) is 23.9 Å². The molecule has 0 heterocycles. The van der Waals surface area contributed by atoms with E-state index in [1.807, 2.05) is 0 Å². The van der Waals surface area contributed by atoms with Crippen LogP contribution in [0.2, 0.25) is 0 Å². The van der Waals surface area contributed by atoms with Crippen molar-refractivity contribution in [2.45, 2.75) is 32.8 Å². The molecule has 0 aliphatic heterocycles. The molecule has 19 heavy (non-hydrogen) atoms. The number of rotatable bonds is 3. The molecule has 0 atom stereocenters. The number of halogens is 2. The first-order valence-electron chi connectivity index (χ1n) is 5.61.